The lowest BCUT2D eigenvalue weighted by atomic mass is 9.68. The van der Waals surface area contributed by atoms with Crippen LogP contribution >= 0.6 is 0 Å². The molecule has 0 saturated heterocycles. The molecule has 140 valence electrons. The molecule has 5 nitrogen and oxygen atoms in total. The number of ketones is 3. The smallest absolute Gasteiger partial charge is 0.298 e. The molecular formula is C19H15F3N2O3. The molecule has 4 rings (SSSR count). The van der Waals surface area contributed by atoms with E-state index in [1.807, 2.05) is 0 Å². The van der Waals surface area contributed by atoms with Gasteiger partial charge in [-0.2, -0.15) is 13.2 Å². The second-order valence-corrected chi connectivity index (χ2v) is 7.50. The fraction of sp³-hybridized carbons (Fsp3) is 0.421. The first-order valence-corrected chi connectivity index (χ1v) is 8.57. The Morgan fingerprint density at radius 3 is 2.74 bits per heavy atom. The van der Waals surface area contributed by atoms with Crippen molar-refractivity contribution < 1.29 is 27.6 Å². The SMILES string of the molecule is CC12CCC(C1)C(=O)C(C(=O)c1cc3cccnc3nc1C(F)(F)F)C2=O. The molecule has 0 aromatic carbocycles. The van der Waals surface area contributed by atoms with Crippen molar-refractivity contribution in [1.29, 1.82) is 0 Å². The van der Waals surface area contributed by atoms with Crippen molar-refractivity contribution >= 4 is 28.4 Å². The topological polar surface area (TPSA) is 77.0 Å². The molecule has 8 heteroatoms. The molecular weight excluding hydrogens is 361 g/mol. The summed E-state index contributed by atoms with van der Waals surface area (Å²) < 4.78 is 40.6. The van der Waals surface area contributed by atoms with Gasteiger partial charge in [0, 0.05) is 22.9 Å². The van der Waals surface area contributed by atoms with E-state index >= 15 is 0 Å². The Morgan fingerprint density at radius 2 is 2.04 bits per heavy atom. The van der Waals surface area contributed by atoms with Gasteiger partial charge in [0.2, 0.25) is 0 Å². The van der Waals surface area contributed by atoms with Crippen molar-refractivity contribution in [1.82, 2.24) is 9.97 Å². The molecule has 2 aliphatic carbocycles. The summed E-state index contributed by atoms with van der Waals surface area (Å²) in [4.78, 5) is 45.7. The number of hydrogen-bond donors (Lipinski definition) is 0. The van der Waals surface area contributed by atoms with Gasteiger partial charge in [0.15, 0.2) is 28.7 Å². The predicted molar refractivity (Wildman–Crippen MR) is 87.8 cm³/mol. The van der Waals surface area contributed by atoms with Crippen LogP contribution in [0.2, 0.25) is 0 Å². The maximum absolute atomic E-state index is 13.5. The number of alkyl halides is 3. The lowest BCUT2D eigenvalue weighted by Crippen LogP contribution is -2.46. The van der Waals surface area contributed by atoms with E-state index in [9.17, 15) is 27.6 Å². The van der Waals surface area contributed by atoms with Crippen LogP contribution in [0.15, 0.2) is 24.4 Å². The summed E-state index contributed by atoms with van der Waals surface area (Å²) in [6.07, 6.45) is -2.31. The van der Waals surface area contributed by atoms with Gasteiger partial charge in [-0.3, -0.25) is 14.4 Å². The van der Waals surface area contributed by atoms with Crippen LogP contribution < -0.4 is 0 Å². The number of rotatable bonds is 2. The number of halogens is 3. The summed E-state index contributed by atoms with van der Waals surface area (Å²) in [6.45, 7) is 1.68. The average Bonchev–Trinajstić information content (AvgIpc) is 2.99. The number of fused-ring (bicyclic) bond motifs is 3. The van der Waals surface area contributed by atoms with Gasteiger partial charge >= 0.3 is 6.18 Å². The van der Waals surface area contributed by atoms with E-state index in [-0.39, 0.29) is 11.0 Å². The quantitative estimate of drug-likeness (QED) is 0.593. The molecule has 2 aromatic heterocycles. The normalized spacial score (nSPS) is 28.0. The number of pyridine rings is 2. The molecule has 0 spiro atoms. The van der Waals surface area contributed by atoms with E-state index in [1.165, 1.54) is 18.3 Å². The number of Topliss-reactive ketones (excluding diaryl/α,β-unsaturated/α-hetero) is 3. The molecule has 27 heavy (non-hydrogen) atoms. The molecule has 2 aromatic rings. The molecule has 0 amide bonds. The minimum absolute atomic E-state index is 0.158. The third-order valence-electron chi connectivity index (χ3n) is 5.67. The molecule has 2 aliphatic rings. The van der Waals surface area contributed by atoms with E-state index in [0.29, 0.717) is 19.3 Å². The third-order valence-corrected chi connectivity index (χ3v) is 5.67. The van der Waals surface area contributed by atoms with Crippen LogP contribution in [0.4, 0.5) is 13.2 Å². The summed E-state index contributed by atoms with van der Waals surface area (Å²) in [6, 6.07) is 4.01. The molecule has 3 unspecified atom stereocenters. The van der Waals surface area contributed by atoms with Gasteiger partial charge in [0.05, 0.1) is 5.56 Å². The molecule has 0 N–H and O–H groups in total. The zero-order chi connectivity index (χ0) is 19.6. The maximum atomic E-state index is 13.5. The number of aromatic nitrogens is 2. The molecule has 2 fully saturated rings. The Balaban J connectivity index is 1.87. The van der Waals surface area contributed by atoms with Crippen LogP contribution in [-0.2, 0) is 15.8 Å². The van der Waals surface area contributed by atoms with Gasteiger partial charge in [0.1, 0.15) is 5.92 Å². The van der Waals surface area contributed by atoms with Crippen molar-refractivity contribution in [2.45, 2.75) is 32.4 Å². The first kappa shape index (κ1) is 17.8. The fourth-order valence-corrected chi connectivity index (χ4v) is 4.23. The number of nitrogens with zero attached hydrogens (tertiary/aromatic N) is 2. The third kappa shape index (κ3) is 2.65. The largest absolute Gasteiger partial charge is 0.434 e. The summed E-state index contributed by atoms with van der Waals surface area (Å²) in [5.41, 5.74) is -3.15. The lowest BCUT2D eigenvalue weighted by Gasteiger charge is -2.32. The Morgan fingerprint density at radius 1 is 1.30 bits per heavy atom. The Labute approximate surface area is 152 Å². The Hall–Kier alpha value is -2.64. The van der Waals surface area contributed by atoms with Crippen LogP contribution in [-0.4, -0.2) is 27.3 Å². The standard InChI is InChI=1S/C19H15F3N2O3/c1-18-5-4-10(8-18)13(25)12(16(18)27)14(26)11-7-9-3-2-6-23-17(9)24-15(11)19(20,21)22/h2-3,6-7,10,12H,4-5,8H2,1H3. The average molecular weight is 376 g/mol. The highest BCUT2D eigenvalue weighted by molar-refractivity contribution is 6.27. The van der Waals surface area contributed by atoms with E-state index in [0.717, 1.165) is 6.07 Å². The van der Waals surface area contributed by atoms with Crippen LogP contribution in [0.3, 0.4) is 0 Å². The van der Waals surface area contributed by atoms with Gasteiger partial charge in [0.25, 0.3) is 0 Å². The summed E-state index contributed by atoms with van der Waals surface area (Å²) >= 11 is 0. The maximum Gasteiger partial charge on any atom is 0.434 e. The number of carbonyl (C=O) groups is 3. The fourth-order valence-electron chi connectivity index (χ4n) is 4.23. The minimum atomic E-state index is -4.92. The first-order valence-electron chi connectivity index (χ1n) is 8.57. The van der Waals surface area contributed by atoms with Gasteiger partial charge < -0.3 is 0 Å². The predicted octanol–water partition coefficient (Wildman–Crippen LogP) is 3.41. The van der Waals surface area contributed by atoms with Gasteiger partial charge in [-0.15, -0.1) is 0 Å². The van der Waals surface area contributed by atoms with E-state index < -0.39 is 52.0 Å². The minimum Gasteiger partial charge on any atom is -0.298 e. The summed E-state index contributed by atoms with van der Waals surface area (Å²) in [5, 5.41) is 0.235. The number of hydrogen-bond acceptors (Lipinski definition) is 5. The molecule has 2 heterocycles. The molecule has 2 bridgehead atoms. The van der Waals surface area contributed by atoms with E-state index in [1.54, 1.807) is 6.92 Å². The van der Waals surface area contributed by atoms with Crippen LogP contribution in [0.5, 0.6) is 0 Å². The molecule has 3 atom stereocenters. The summed E-state index contributed by atoms with van der Waals surface area (Å²) in [7, 11) is 0. The van der Waals surface area contributed by atoms with E-state index in [4.69, 9.17) is 0 Å². The zero-order valence-corrected chi connectivity index (χ0v) is 14.3. The van der Waals surface area contributed by atoms with Crippen LogP contribution in [0.1, 0.15) is 42.2 Å². The second-order valence-electron chi connectivity index (χ2n) is 7.50. The first-order chi connectivity index (χ1) is 12.6. The lowest BCUT2D eigenvalue weighted by molar-refractivity contribution is -0.143. The molecule has 0 aliphatic heterocycles. The van der Waals surface area contributed by atoms with Gasteiger partial charge in [-0.1, -0.05) is 6.92 Å². The number of carbonyl (C=O) groups excluding carboxylic acids is 3. The Kier molecular flexibility index (Phi) is 3.73. The van der Waals surface area contributed by atoms with Crippen molar-refractivity contribution in [3.8, 4) is 0 Å². The zero-order valence-electron chi connectivity index (χ0n) is 14.3. The van der Waals surface area contributed by atoms with Crippen LogP contribution in [0.25, 0.3) is 11.0 Å². The highest BCUT2D eigenvalue weighted by Gasteiger charge is 2.57. The van der Waals surface area contributed by atoms with Gasteiger partial charge in [-0.05, 0) is 37.5 Å². The Bertz CT molecular complexity index is 1000. The van der Waals surface area contributed by atoms with Crippen molar-refractivity contribution in [3.63, 3.8) is 0 Å². The molecule has 2 saturated carbocycles. The highest BCUT2D eigenvalue weighted by Crippen LogP contribution is 2.50. The van der Waals surface area contributed by atoms with Crippen molar-refractivity contribution in [3.05, 3.63) is 35.7 Å². The monoisotopic (exact) mass is 376 g/mol. The molecule has 0 radical (unpaired) electrons. The van der Waals surface area contributed by atoms with Crippen LogP contribution in [0, 0.1) is 17.3 Å². The van der Waals surface area contributed by atoms with E-state index in [2.05, 4.69) is 9.97 Å². The summed E-state index contributed by atoms with van der Waals surface area (Å²) in [5.74, 6) is -4.40. The highest BCUT2D eigenvalue weighted by atomic mass is 19.4. The second kappa shape index (κ2) is 5.68. The van der Waals surface area contributed by atoms with Gasteiger partial charge in [-0.25, -0.2) is 9.97 Å². The van der Waals surface area contributed by atoms with Crippen molar-refractivity contribution in [2.24, 2.45) is 17.3 Å². The van der Waals surface area contributed by atoms with Crippen molar-refractivity contribution in [2.75, 3.05) is 0 Å².